The summed E-state index contributed by atoms with van der Waals surface area (Å²) in [5.41, 5.74) is 4.98. The first-order valence-corrected chi connectivity index (χ1v) is 9.66. The maximum absolute atomic E-state index is 6.03. The van der Waals surface area contributed by atoms with Crippen LogP contribution < -0.4 is 0 Å². The Bertz CT molecular complexity index is 1090. The first-order chi connectivity index (χ1) is 13.1. The second-order valence-corrected chi connectivity index (χ2v) is 7.41. The Hall–Kier alpha value is -2.64. The molecule has 27 heavy (non-hydrogen) atoms. The van der Waals surface area contributed by atoms with Crippen LogP contribution in [0.2, 0.25) is 5.02 Å². The van der Waals surface area contributed by atoms with Gasteiger partial charge in [0.25, 0.3) is 0 Å². The van der Waals surface area contributed by atoms with E-state index in [4.69, 9.17) is 16.0 Å². The lowest BCUT2D eigenvalue weighted by molar-refractivity contribution is 0.573. The Balaban J connectivity index is 1.52. The van der Waals surface area contributed by atoms with E-state index in [0.29, 0.717) is 21.8 Å². The molecular weight excluding hydrogens is 382 g/mol. The lowest BCUT2D eigenvalue weighted by Gasteiger charge is -2.09. The Morgan fingerprint density at radius 2 is 2.00 bits per heavy atom. The summed E-state index contributed by atoms with van der Waals surface area (Å²) in [5.74, 6) is 1.14. The second-order valence-electron chi connectivity index (χ2n) is 6.04. The van der Waals surface area contributed by atoms with E-state index in [2.05, 4.69) is 40.4 Å². The van der Waals surface area contributed by atoms with Gasteiger partial charge < -0.3 is 4.42 Å². The summed E-state index contributed by atoms with van der Waals surface area (Å²) in [6.45, 7) is 4.14. The Morgan fingerprint density at radius 1 is 1.15 bits per heavy atom. The summed E-state index contributed by atoms with van der Waals surface area (Å²) in [6, 6.07) is 13.5. The van der Waals surface area contributed by atoms with Crippen LogP contribution in [0.5, 0.6) is 0 Å². The van der Waals surface area contributed by atoms with Gasteiger partial charge in [-0.05, 0) is 59.7 Å². The second kappa shape index (κ2) is 7.54. The van der Waals surface area contributed by atoms with Crippen LogP contribution in [-0.2, 0) is 5.75 Å². The molecular formula is C19H16ClN5OS. The third-order valence-electron chi connectivity index (χ3n) is 4.22. The van der Waals surface area contributed by atoms with Crippen LogP contribution in [0.4, 0.5) is 0 Å². The molecule has 0 aliphatic carbocycles. The van der Waals surface area contributed by atoms with E-state index in [0.717, 1.165) is 22.5 Å². The van der Waals surface area contributed by atoms with Gasteiger partial charge in [0.1, 0.15) is 6.26 Å². The number of aromatic nitrogens is 5. The highest BCUT2D eigenvalue weighted by Crippen LogP contribution is 2.27. The van der Waals surface area contributed by atoms with Gasteiger partial charge in [0.05, 0.1) is 11.4 Å². The summed E-state index contributed by atoms with van der Waals surface area (Å²) in [4.78, 5) is 4.53. The molecule has 0 aliphatic heterocycles. The maximum Gasteiger partial charge on any atom is 0.226 e. The monoisotopic (exact) mass is 397 g/mol. The number of rotatable bonds is 5. The molecule has 2 aromatic heterocycles. The summed E-state index contributed by atoms with van der Waals surface area (Å²) in [6.07, 6.45) is 1.65. The minimum Gasteiger partial charge on any atom is -0.444 e. The Morgan fingerprint density at radius 3 is 2.85 bits per heavy atom. The maximum atomic E-state index is 6.03. The molecule has 0 saturated heterocycles. The van der Waals surface area contributed by atoms with E-state index in [1.54, 1.807) is 10.9 Å². The lowest BCUT2D eigenvalue weighted by atomic mass is 10.1. The highest BCUT2D eigenvalue weighted by molar-refractivity contribution is 7.98. The molecule has 0 radical (unpaired) electrons. The Labute approximate surface area is 165 Å². The fourth-order valence-corrected chi connectivity index (χ4v) is 3.60. The molecule has 8 heteroatoms. The number of hydrogen-bond donors (Lipinski definition) is 0. The third kappa shape index (κ3) is 3.74. The van der Waals surface area contributed by atoms with Gasteiger partial charge in [-0.25, -0.2) is 4.98 Å². The van der Waals surface area contributed by atoms with Crippen molar-refractivity contribution < 1.29 is 4.42 Å². The summed E-state index contributed by atoms with van der Waals surface area (Å²) >= 11 is 7.54. The van der Waals surface area contributed by atoms with Crippen molar-refractivity contribution in [3.05, 3.63) is 70.6 Å². The largest absolute Gasteiger partial charge is 0.444 e. The van der Waals surface area contributed by atoms with Crippen molar-refractivity contribution in [3.8, 4) is 17.1 Å². The van der Waals surface area contributed by atoms with E-state index in [9.17, 15) is 0 Å². The number of oxazole rings is 1. The fourth-order valence-electron chi connectivity index (χ4n) is 2.65. The average Bonchev–Trinajstić information content (AvgIpc) is 3.31. The topological polar surface area (TPSA) is 69.6 Å². The molecule has 2 heterocycles. The van der Waals surface area contributed by atoms with Gasteiger partial charge in [-0.2, -0.15) is 4.68 Å². The van der Waals surface area contributed by atoms with E-state index < -0.39 is 0 Å². The molecule has 4 aromatic rings. The van der Waals surface area contributed by atoms with Gasteiger partial charge in [-0.15, -0.1) is 5.10 Å². The molecule has 6 nitrogen and oxygen atoms in total. The first-order valence-electron chi connectivity index (χ1n) is 8.30. The van der Waals surface area contributed by atoms with Crippen LogP contribution in [0.1, 0.15) is 16.8 Å². The highest BCUT2D eigenvalue weighted by Gasteiger charge is 2.14. The number of tetrazole rings is 1. The van der Waals surface area contributed by atoms with Crippen LogP contribution in [-0.4, -0.2) is 25.2 Å². The molecule has 0 unspecified atom stereocenters. The molecule has 0 atom stereocenters. The standard InChI is InChI=1S/C19H16ClN5OS/c1-12-5-3-8-17(13(12)2)25-19(22-23-24-25)27-11-16-10-26-18(21-16)14-6-4-7-15(20)9-14/h3-10H,11H2,1-2H3. The highest BCUT2D eigenvalue weighted by atomic mass is 35.5. The molecule has 0 spiro atoms. The predicted octanol–water partition coefficient (Wildman–Crippen LogP) is 4.88. The van der Waals surface area contributed by atoms with Crippen molar-refractivity contribution in [3.63, 3.8) is 0 Å². The molecule has 4 rings (SSSR count). The minimum absolute atomic E-state index is 0.544. The quantitative estimate of drug-likeness (QED) is 0.447. The third-order valence-corrected chi connectivity index (χ3v) is 5.41. The van der Waals surface area contributed by atoms with E-state index >= 15 is 0 Å². The van der Waals surface area contributed by atoms with Crippen LogP contribution in [0, 0.1) is 13.8 Å². The van der Waals surface area contributed by atoms with Crippen LogP contribution in [0.25, 0.3) is 17.1 Å². The zero-order valence-electron chi connectivity index (χ0n) is 14.8. The molecule has 2 aromatic carbocycles. The number of aryl methyl sites for hydroxylation is 1. The molecule has 0 saturated carbocycles. The molecule has 0 aliphatic rings. The fraction of sp³-hybridized carbons (Fsp3) is 0.158. The lowest BCUT2D eigenvalue weighted by Crippen LogP contribution is -2.02. The van der Waals surface area contributed by atoms with Gasteiger partial charge in [0.2, 0.25) is 11.0 Å². The number of hydrogen-bond acceptors (Lipinski definition) is 6. The van der Waals surface area contributed by atoms with Crippen LogP contribution in [0.3, 0.4) is 0 Å². The normalized spacial score (nSPS) is 11.1. The Kier molecular flexibility index (Phi) is 4.96. The van der Waals surface area contributed by atoms with E-state index in [1.807, 2.05) is 36.4 Å². The smallest absolute Gasteiger partial charge is 0.226 e. The summed E-state index contributed by atoms with van der Waals surface area (Å²) < 4.78 is 7.34. The summed E-state index contributed by atoms with van der Waals surface area (Å²) in [7, 11) is 0. The van der Waals surface area contributed by atoms with Crippen molar-refractivity contribution in [2.45, 2.75) is 24.8 Å². The molecule has 0 amide bonds. The predicted molar refractivity (Wildman–Crippen MR) is 105 cm³/mol. The number of nitrogens with zero attached hydrogens (tertiary/aromatic N) is 5. The van der Waals surface area contributed by atoms with E-state index in [-0.39, 0.29) is 0 Å². The number of thioether (sulfide) groups is 1. The van der Waals surface area contributed by atoms with Gasteiger partial charge in [0, 0.05) is 16.3 Å². The molecule has 0 N–H and O–H groups in total. The molecule has 0 bridgehead atoms. The number of halogens is 1. The van der Waals surface area contributed by atoms with Crippen molar-refractivity contribution in [1.82, 2.24) is 25.2 Å². The van der Waals surface area contributed by atoms with Crippen molar-refractivity contribution in [1.29, 1.82) is 0 Å². The minimum atomic E-state index is 0.544. The molecule has 0 fully saturated rings. The van der Waals surface area contributed by atoms with Gasteiger partial charge in [-0.3, -0.25) is 0 Å². The average molecular weight is 398 g/mol. The zero-order chi connectivity index (χ0) is 18.8. The van der Waals surface area contributed by atoms with Gasteiger partial charge in [-0.1, -0.05) is 41.6 Å². The summed E-state index contributed by atoms with van der Waals surface area (Å²) in [5, 5.41) is 13.5. The van der Waals surface area contributed by atoms with Crippen molar-refractivity contribution >= 4 is 23.4 Å². The van der Waals surface area contributed by atoms with Crippen LogP contribution in [0.15, 0.2) is 58.3 Å². The van der Waals surface area contributed by atoms with Gasteiger partial charge >= 0.3 is 0 Å². The van der Waals surface area contributed by atoms with Crippen molar-refractivity contribution in [2.24, 2.45) is 0 Å². The number of benzene rings is 2. The zero-order valence-corrected chi connectivity index (χ0v) is 16.3. The molecule has 136 valence electrons. The van der Waals surface area contributed by atoms with Crippen LogP contribution >= 0.6 is 23.4 Å². The first kappa shape index (κ1) is 17.8. The van der Waals surface area contributed by atoms with Gasteiger partial charge in [0.15, 0.2) is 0 Å². The SMILES string of the molecule is Cc1cccc(-n2nnnc2SCc2coc(-c3cccc(Cl)c3)n2)c1C. The van der Waals surface area contributed by atoms with E-state index in [1.165, 1.54) is 17.3 Å². The van der Waals surface area contributed by atoms with Crippen molar-refractivity contribution in [2.75, 3.05) is 0 Å².